The number of hydrogen-bond donors (Lipinski definition) is 4. The number of amides is 2. The number of rotatable bonds is 2. The van der Waals surface area contributed by atoms with Gasteiger partial charge in [-0.2, -0.15) is 5.10 Å². The minimum Gasteiger partial charge on any atom is -0.356 e. The first-order valence-corrected chi connectivity index (χ1v) is 6.81. The highest BCUT2D eigenvalue weighted by Gasteiger charge is 2.13. The summed E-state index contributed by atoms with van der Waals surface area (Å²) < 4.78 is 0.751. The molecule has 0 radical (unpaired) electrons. The molecule has 21 heavy (non-hydrogen) atoms. The van der Waals surface area contributed by atoms with E-state index in [0.717, 1.165) is 9.86 Å². The van der Waals surface area contributed by atoms with Gasteiger partial charge in [-0.3, -0.25) is 25.5 Å². The Morgan fingerprint density at radius 3 is 2.76 bits per heavy atom. The summed E-state index contributed by atoms with van der Waals surface area (Å²) in [5.41, 5.74) is 6.06. The smallest absolute Gasteiger partial charge is 0.286 e. The predicted molar refractivity (Wildman–Crippen MR) is 79.5 cm³/mol. The van der Waals surface area contributed by atoms with Crippen molar-refractivity contribution in [2.45, 2.75) is 0 Å². The van der Waals surface area contributed by atoms with Crippen molar-refractivity contribution in [3.8, 4) is 0 Å². The van der Waals surface area contributed by atoms with Crippen molar-refractivity contribution in [1.29, 1.82) is 0 Å². The summed E-state index contributed by atoms with van der Waals surface area (Å²) in [6.45, 7) is 0. The molecule has 7 nitrogen and oxygen atoms in total. The topological polar surface area (TPSA) is 103 Å². The molecule has 0 saturated carbocycles. The van der Waals surface area contributed by atoms with Gasteiger partial charge >= 0.3 is 0 Å². The molecule has 0 aliphatic heterocycles. The molecular formula is C13H10BrN5O2. The zero-order valence-electron chi connectivity index (χ0n) is 10.6. The largest absolute Gasteiger partial charge is 0.356 e. The van der Waals surface area contributed by atoms with Crippen molar-refractivity contribution < 1.29 is 9.59 Å². The fourth-order valence-corrected chi connectivity index (χ4v) is 2.25. The zero-order valence-corrected chi connectivity index (χ0v) is 12.2. The van der Waals surface area contributed by atoms with Crippen LogP contribution in [0.3, 0.4) is 0 Å². The Morgan fingerprint density at radius 2 is 2.00 bits per heavy atom. The quantitative estimate of drug-likeness (QED) is 0.530. The van der Waals surface area contributed by atoms with E-state index in [1.54, 1.807) is 30.6 Å². The lowest BCUT2D eigenvalue weighted by Gasteiger charge is -2.07. The van der Waals surface area contributed by atoms with Gasteiger partial charge in [0.1, 0.15) is 5.69 Å². The van der Waals surface area contributed by atoms with E-state index >= 15 is 0 Å². The minimum absolute atomic E-state index is 0.335. The number of nitrogens with zero attached hydrogens (tertiary/aromatic N) is 1. The van der Waals surface area contributed by atoms with Crippen LogP contribution in [0.1, 0.15) is 20.8 Å². The van der Waals surface area contributed by atoms with Gasteiger partial charge in [0.2, 0.25) is 0 Å². The second-order valence-electron chi connectivity index (χ2n) is 4.28. The van der Waals surface area contributed by atoms with Crippen LogP contribution >= 0.6 is 15.9 Å². The van der Waals surface area contributed by atoms with Crippen LogP contribution in [0.4, 0.5) is 0 Å². The fourth-order valence-electron chi connectivity index (χ4n) is 1.91. The van der Waals surface area contributed by atoms with Gasteiger partial charge in [0.15, 0.2) is 0 Å². The molecular weight excluding hydrogens is 338 g/mol. The maximum atomic E-state index is 12.1. The number of carbonyl (C=O) groups excluding carboxylic acids is 2. The number of fused-ring (bicyclic) bond motifs is 1. The maximum absolute atomic E-state index is 12.1. The number of halogens is 1. The predicted octanol–water partition coefficient (Wildman–Crippen LogP) is 1.73. The average Bonchev–Trinajstić information content (AvgIpc) is 3.12. The number of hydrazine groups is 1. The zero-order chi connectivity index (χ0) is 14.8. The van der Waals surface area contributed by atoms with Gasteiger partial charge in [0.05, 0.1) is 17.3 Å². The van der Waals surface area contributed by atoms with Gasteiger partial charge in [-0.05, 0) is 28.1 Å². The van der Waals surface area contributed by atoms with Crippen molar-refractivity contribution in [3.63, 3.8) is 0 Å². The van der Waals surface area contributed by atoms with Crippen LogP contribution in [0.2, 0.25) is 0 Å². The van der Waals surface area contributed by atoms with E-state index in [1.165, 1.54) is 0 Å². The maximum Gasteiger partial charge on any atom is 0.286 e. The fraction of sp³-hybridized carbons (Fsp3) is 0. The second-order valence-corrected chi connectivity index (χ2v) is 5.20. The van der Waals surface area contributed by atoms with Crippen LogP contribution in [-0.2, 0) is 0 Å². The van der Waals surface area contributed by atoms with Gasteiger partial charge in [-0.15, -0.1) is 0 Å². The molecule has 0 aliphatic rings. The van der Waals surface area contributed by atoms with E-state index in [1.807, 2.05) is 6.07 Å². The van der Waals surface area contributed by atoms with E-state index in [0.29, 0.717) is 16.8 Å². The Morgan fingerprint density at radius 1 is 1.19 bits per heavy atom. The van der Waals surface area contributed by atoms with Crippen LogP contribution < -0.4 is 10.9 Å². The van der Waals surface area contributed by atoms with Gasteiger partial charge in [-0.25, -0.2) is 0 Å². The lowest BCUT2D eigenvalue weighted by Crippen LogP contribution is -2.41. The lowest BCUT2D eigenvalue weighted by molar-refractivity contribution is 0.0845. The normalized spacial score (nSPS) is 10.5. The molecule has 0 aliphatic carbocycles. The van der Waals surface area contributed by atoms with Crippen molar-refractivity contribution in [1.82, 2.24) is 26.0 Å². The number of para-hydroxylation sites is 1. The molecule has 4 N–H and O–H groups in total. The highest BCUT2D eigenvalue weighted by atomic mass is 79.9. The summed E-state index contributed by atoms with van der Waals surface area (Å²) in [4.78, 5) is 26.7. The summed E-state index contributed by atoms with van der Waals surface area (Å²) in [6.07, 6.45) is 3.25. The Hall–Kier alpha value is -2.61. The first-order chi connectivity index (χ1) is 10.1. The molecule has 3 rings (SSSR count). The van der Waals surface area contributed by atoms with Crippen molar-refractivity contribution in [2.75, 3.05) is 0 Å². The van der Waals surface area contributed by atoms with Crippen molar-refractivity contribution in [3.05, 3.63) is 52.4 Å². The first kappa shape index (κ1) is 13.4. The number of aromatic nitrogens is 3. The Balaban J connectivity index is 1.72. The Bertz CT molecular complexity index is 823. The van der Waals surface area contributed by atoms with Crippen LogP contribution in [-0.4, -0.2) is 27.0 Å². The SMILES string of the molecule is O=C(NNC(=O)c1cccc2cn[nH]c12)c1cc(Br)c[nH]1. The standard InChI is InChI=1S/C13H10BrN5O2/c14-8-4-10(15-6-8)13(21)19-18-12(20)9-3-1-2-7-5-16-17-11(7)9/h1-6,15H,(H,16,17)(H,18,20)(H,19,21). The molecule has 2 aromatic heterocycles. The van der Waals surface area contributed by atoms with E-state index in [-0.39, 0.29) is 0 Å². The van der Waals surface area contributed by atoms with E-state index in [4.69, 9.17) is 0 Å². The molecule has 0 saturated heterocycles. The minimum atomic E-state index is -0.439. The number of nitrogens with one attached hydrogen (secondary N) is 4. The summed E-state index contributed by atoms with van der Waals surface area (Å²) in [7, 11) is 0. The van der Waals surface area contributed by atoms with Crippen LogP contribution in [0.25, 0.3) is 10.9 Å². The van der Waals surface area contributed by atoms with Crippen molar-refractivity contribution >= 4 is 38.6 Å². The number of benzene rings is 1. The van der Waals surface area contributed by atoms with E-state index < -0.39 is 11.8 Å². The van der Waals surface area contributed by atoms with Crippen LogP contribution in [0.15, 0.2) is 41.1 Å². The molecule has 0 atom stereocenters. The molecule has 0 fully saturated rings. The highest BCUT2D eigenvalue weighted by molar-refractivity contribution is 9.10. The second kappa shape index (κ2) is 5.41. The summed E-state index contributed by atoms with van der Waals surface area (Å²) in [5.74, 6) is -0.866. The number of aromatic amines is 2. The van der Waals surface area contributed by atoms with Gasteiger partial charge in [0, 0.05) is 16.1 Å². The average molecular weight is 348 g/mol. The Labute approximate surface area is 127 Å². The molecule has 0 unspecified atom stereocenters. The Kier molecular flexibility index (Phi) is 3.44. The summed E-state index contributed by atoms with van der Waals surface area (Å²) >= 11 is 3.23. The third-order valence-electron chi connectivity index (χ3n) is 2.90. The number of H-pyrrole nitrogens is 2. The molecule has 3 aromatic rings. The highest BCUT2D eigenvalue weighted by Crippen LogP contribution is 2.15. The van der Waals surface area contributed by atoms with E-state index in [9.17, 15) is 9.59 Å². The van der Waals surface area contributed by atoms with Gasteiger partial charge < -0.3 is 4.98 Å². The van der Waals surface area contributed by atoms with E-state index in [2.05, 4.69) is 42.0 Å². The van der Waals surface area contributed by atoms with Gasteiger partial charge in [0.25, 0.3) is 11.8 Å². The molecule has 2 heterocycles. The molecule has 8 heteroatoms. The molecule has 0 bridgehead atoms. The van der Waals surface area contributed by atoms with Crippen molar-refractivity contribution in [2.24, 2.45) is 0 Å². The monoisotopic (exact) mass is 347 g/mol. The van der Waals surface area contributed by atoms with Gasteiger partial charge in [-0.1, -0.05) is 12.1 Å². The first-order valence-electron chi connectivity index (χ1n) is 6.02. The molecule has 106 valence electrons. The molecule has 1 aromatic carbocycles. The van der Waals surface area contributed by atoms with Crippen LogP contribution in [0, 0.1) is 0 Å². The number of carbonyl (C=O) groups is 2. The summed E-state index contributed by atoms with van der Waals surface area (Å²) in [6, 6.07) is 6.84. The summed E-state index contributed by atoms with van der Waals surface area (Å²) in [5, 5.41) is 7.46. The third-order valence-corrected chi connectivity index (χ3v) is 3.36. The van der Waals surface area contributed by atoms with Crippen LogP contribution in [0.5, 0.6) is 0 Å². The molecule has 0 spiro atoms. The lowest BCUT2D eigenvalue weighted by atomic mass is 10.1. The molecule has 2 amide bonds. The third kappa shape index (κ3) is 2.65. The number of hydrogen-bond acceptors (Lipinski definition) is 3.